The van der Waals surface area contributed by atoms with E-state index in [1.165, 1.54) is 4.90 Å². The largest absolute Gasteiger partial charge is 0.491 e. The molecule has 0 spiro atoms. The first kappa shape index (κ1) is 27.6. The Morgan fingerprint density at radius 3 is 2.42 bits per heavy atom. The second kappa shape index (κ2) is 10.5. The predicted molar refractivity (Wildman–Crippen MR) is 158 cm³/mol. The summed E-state index contributed by atoms with van der Waals surface area (Å²) in [5.41, 5.74) is 1.47. The van der Waals surface area contributed by atoms with Crippen molar-refractivity contribution < 1.29 is 29.0 Å². The van der Waals surface area contributed by atoms with Crippen molar-refractivity contribution >= 4 is 40.9 Å². The number of halogens is 1. The molecule has 3 aromatic carbocycles. The first-order valence-electron chi connectivity index (χ1n) is 14.4. The molecule has 4 amide bonds. The highest BCUT2D eigenvalue weighted by molar-refractivity contribution is 6.32. The summed E-state index contributed by atoms with van der Waals surface area (Å²) in [5.74, 6) is -3.69. The third-order valence-corrected chi connectivity index (χ3v) is 9.82. The predicted octanol–water partition coefficient (Wildman–Crippen LogP) is 4.16. The number of amides is 4. The molecule has 1 saturated carbocycles. The molecule has 2 heterocycles. The van der Waals surface area contributed by atoms with Gasteiger partial charge >= 0.3 is 0 Å². The molecule has 6 atom stereocenters. The Hall–Kier alpha value is -4.27. The van der Waals surface area contributed by atoms with Gasteiger partial charge in [0.1, 0.15) is 12.4 Å². The number of hydrogen-bond donors (Lipinski definition) is 2. The molecule has 3 fully saturated rings. The number of nitrogens with one attached hydrogen (secondary N) is 1. The zero-order chi connectivity index (χ0) is 29.9. The Morgan fingerprint density at radius 2 is 1.70 bits per heavy atom. The normalized spacial score (nSPS) is 29.5. The van der Waals surface area contributed by atoms with Crippen LogP contribution in [0.15, 0.2) is 90.5 Å². The summed E-state index contributed by atoms with van der Waals surface area (Å²) < 4.78 is 5.61. The minimum Gasteiger partial charge on any atom is -0.491 e. The van der Waals surface area contributed by atoms with Crippen LogP contribution in [0.25, 0.3) is 0 Å². The Kier molecular flexibility index (Phi) is 6.71. The van der Waals surface area contributed by atoms with Crippen molar-refractivity contribution in [3.05, 3.63) is 107 Å². The fourth-order valence-electron chi connectivity index (χ4n) is 7.95. The van der Waals surface area contributed by atoms with Crippen molar-refractivity contribution in [2.75, 3.05) is 18.1 Å². The fraction of sp³-hybridized carbons (Fsp3) is 0.294. The van der Waals surface area contributed by atoms with Crippen molar-refractivity contribution in [3.63, 3.8) is 0 Å². The van der Waals surface area contributed by atoms with Gasteiger partial charge in [0.2, 0.25) is 23.6 Å². The van der Waals surface area contributed by atoms with Gasteiger partial charge in [-0.1, -0.05) is 71.8 Å². The van der Waals surface area contributed by atoms with E-state index in [2.05, 4.69) is 5.32 Å². The second-order valence-electron chi connectivity index (χ2n) is 11.6. The third kappa shape index (κ3) is 4.07. The number of aliphatic hydroxyl groups is 1. The van der Waals surface area contributed by atoms with E-state index in [9.17, 15) is 19.5 Å². The molecule has 2 N–H and O–H groups in total. The highest BCUT2D eigenvalue weighted by Crippen LogP contribution is 2.64. The van der Waals surface area contributed by atoms with Gasteiger partial charge < -0.3 is 9.84 Å². The van der Waals surface area contributed by atoms with E-state index in [4.69, 9.17) is 16.3 Å². The highest BCUT2D eigenvalue weighted by atomic mass is 35.5. The van der Waals surface area contributed by atoms with E-state index in [0.717, 1.165) is 11.1 Å². The first-order chi connectivity index (χ1) is 20.9. The summed E-state index contributed by atoms with van der Waals surface area (Å²) in [5, 5.41) is 12.1. The van der Waals surface area contributed by atoms with Gasteiger partial charge in [-0.3, -0.25) is 24.5 Å². The quantitative estimate of drug-likeness (QED) is 0.326. The summed E-state index contributed by atoms with van der Waals surface area (Å²) in [6, 6.07) is 23.4. The molecule has 2 aliphatic heterocycles. The summed E-state index contributed by atoms with van der Waals surface area (Å²) in [7, 11) is 0. The summed E-state index contributed by atoms with van der Waals surface area (Å²) in [6.45, 7) is 0.0108. The van der Waals surface area contributed by atoms with Gasteiger partial charge in [0.05, 0.1) is 35.5 Å². The average molecular weight is 597 g/mol. The number of aliphatic hydroxyl groups excluding tert-OH is 1. The number of ether oxygens (including phenoxy) is 1. The van der Waals surface area contributed by atoms with Crippen LogP contribution < -0.4 is 15.0 Å². The van der Waals surface area contributed by atoms with E-state index in [1.807, 2.05) is 48.5 Å². The number of fused-ring (bicyclic) bond motifs is 4. The lowest BCUT2D eigenvalue weighted by Crippen LogP contribution is -2.53. The number of carbonyl (C=O) groups is 4. The lowest BCUT2D eigenvalue weighted by molar-refractivity contribution is -0.128. The maximum absolute atomic E-state index is 15.0. The van der Waals surface area contributed by atoms with Crippen LogP contribution in [-0.4, -0.2) is 41.9 Å². The van der Waals surface area contributed by atoms with Crippen LogP contribution in [0, 0.1) is 23.7 Å². The average Bonchev–Trinajstić information content (AvgIpc) is 3.44. The molecule has 218 valence electrons. The molecule has 2 saturated heterocycles. The molecule has 0 bridgehead atoms. The van der Waals surface area contributed by atoms with E-state index >= 15 is 4.79 Å². The van der Waals surface area contributed by atoms with Gasteiger partial charge in [-0.15, -0.1) is 0 Å². The van der Waals surface area contributed by atoms with Gasteiger partial charge in [-0.25, -0.2) is 4.90 Å². The standard InChI is InChI=1S/C34H29ClN2O6/c35-21-7-4-8-22(17-21)37-32(41)27-18-26-24(13-14-25-28(26)31(40)36-30(25)39)29(19-9-11-23(12-10-19)43-16-15-38)34(27,33(37)42)20-5-2-1-3-6-20/h1-13,17,25-29,38H,14-16,18H2,(H,36,39,40)/t25-,26+,27-,28-,29-,34+/m0/s1. The Balaban J connectivity index is 1.47. The lowest BCUT2D eigenvalue weighted by atomic mass is 9.49. The van der Waals surface area contributed by atoms with Gasteiger partial charge in [0.15, 0.2) is 0 Å². The van der Waals surface area contributed by atoms with Gasteiger partial charge in [-0.05, 0) is 60.2 Å². The monoisotopic (exact) mass is 596 g/mol. The van der Waals surface area contributed by atoms with Crippen molar-refractivity contribution in [2.45, 2.75) is 24.2 Å². The molecule has 0 radical (unpaired) electrons. The second-order valence-corrected chi connectivity index (χ2v) is 12.0. The van der Waals surface area contributed by atoms with E-state index in [-0.39, 0.29) is 43.3 Å². The molecule has 3 aromatic rings. The van der Waals surface area contributed by atoms with Gasteiger partial charge in [-0.2, -0.15) is 0 Å². The summed E-state index contributed by atoms with van der Waals surface area (Å²) >= 11 is 6.33. The SMILES string of the molecule is O=C1NC(=O)[C@H]2CC=C3[C@@H](C[C@H]4C(=O)N(c5cccc(Cl)c5)C(=O)[C@@]4(c4ccccc4)[C@H]3c3ccc(OCCO)cc3)[C@@H]12. The van der Waals surface area contributed by atoms with Crippen LogP contribution in [0.2, 0.25) is 5.02 Å². The van der Waals surface area contributed by atoms with Gasteiger partial charge in [0, 0.05) is 10.9 Å². The van der Waals surface area contributed by atoms with Crippen molar-refractivity contribution in [1.29, 1.82) is 0 Å². The number of nitrogens with zero attached hydrogens (tertiary/aromatic N) is 1. The Morgan fingerprint density at radius 1 is 0.930 bits per heavy atom. The highest BCUT2D eigenvalue weighted by Gasteiger charge is 2.69. The topological polar surface area (TPSA) is 113 Å². The summed E-state index contributed by atoms with van der Waals surface area (Å²) in [4.78, 5) is 56.8. The minimum atomic E-state index is -1.32. The number of imide groups is 2. The van der Waals surface area contributed by atoms with E-state index in [1.54, 1.807) is 36.4 Å². The number of rotatable bonds is 6. The molecule has 0 unspecified atom stereocenters. The number of carbonyl (C=O) groups excluding carboxylic acids is 4. The van der Waals surface area contributed by atoms with Crippen LogP contribution in [-0.2, 0) is 24.6 Å². The molecular weight excluding hydrogens is 568 g/mol. The van der Waals surface area contributed by atoms with Crippen LogP contribution in [0.4, 0.5) is 5.69 Å². The number of allylic oxidation sites excluding steroid dienone is 2. The third-order valence-electron chi connectivity index (χ3n) is 9.58. The van der Waals surface area contributed by atoms with Gasteiger partial charge in [0.25, 0.3) is 0 Å². The fourth-order valence-corrected chi connectivity index (χ4v) is 8.13. The zero-order valence-electron chi connectivity index (χ0n) is 23.1. The molecule has 9 heteroatoms. The molecule has 2 aliphatic carbocycles. The number of hydrogen-bond acceptors (Lipinski definition) is 6. The van der Waals surface area contributed by atoms with Crippen LogP contribution in [0.5, 0.6) is 5.75 Å². The maximum Gasteiger partial charge on any atom is 0.246 e. The molecule has 0 aromatic heterocycles. The van der Waals surface area contributed by atoms with Crippen LogP contribution >= 0.6 is 11.6 Å². The number of benzene rings is 3. The molecule has 4 aliphatic rings. The first-order valence-corrected chi connectivity index (χ1v) is 14.8. The minimum absolute atomic E-state index is 0.128. The van der Waals surface area contributed by atoms with Crippen molar-refractivity contribution in [1.82, 2.24) is 5.32 Å². The smallest absolute Gasteiger partial charge is 0.246 e. The summed E-state index contributed by atoms with van der Waals surface area (Å²) in [6.07, 6.45) is 2.64. The Bertz CT molecular complexity index is 1670. The molecule has 8 nitrogen and oxygen atoms in total. The van der Waals surface area contributed by atoms with Crippen LogP contribution in [0.3, 0.4) is 0 Å². The molecule has 7 rings (SSSR count). The van der Waals surface area contributed by atoms with Crippen molar-refractivity contribution in [2.24, 2.45) is 23.7 Å². The molecule has 43 heavy (non-hydrogen) atoms. The Labute approximate surface area is 253 Å². The number of anilines is 1. The lowest BCUT2D eigenvalue weighted by Gasteiger charge is -2.50. The van der Waals surface area contributed by atoms with Crippen LogP contribution in [0.1, 0.15) is 29.9 Å². The van der Waals surface area contributed by atoms with Crippen molar-refractivity contribution in [3.8, 4) is 5.75 Å². The molecular formula is C34H29ClN2O6. The van der Waals surface area contributed by atoms with E-state index in [0.29, 0.717) is 28.4 Å². The van der Waals surface area contributed by atoms with E-state index < -0.39 is 35.0 Å². The maximum atomic E-state index is 15.0. The zero-order valence-corrected chi connectivity index (χ0v) is 23.9.